The summed E-state index contributed by atoms with van der Waals surface area (Å²) in [7, 11) is 0. The lowest BCUT2D eigenvalue weighted by molar-refractivity contribution is -0.150. The van der Waals surface area contributed by atoms with E-state index in [1.54, 1.807) is 0 Å². The fourth-order valence-corrected chi connectivity index (χ4v) is 8.50. The summed E-state index contributed by atoms with van der Waals surface area (Å²) >= 11 is 0. The van der Waals surface area contributed by atoms with Crippen LogP contribution in [0.25, 0.3) is 0 Å². The molecular formula is C28H31F6NO3. The van der Waals surface area contributed by atoms with Crippen LogP contribution in [0.5, 0.6) is 0 Å². The smallest absolute Gasteiger partial charge is 0.393 e. The average Bonchev–Trinajstić information content (AvgIpc) is 3.14. The lowest BCUT2D eigenvalue weighted by Crippen LogP contribution is -2.63. The number of nitrogens with one attached hydrogen (secondary N) is 1. The number of alkyl halides is 6. The molecule has 1 aliphatic heterocycles. The van der Waals surface area contributed by atoms with Crippen molar-refractivity contribution in [2.45, 2.75) is 76.9 Å². The Hall–Kier alpha value is -2.36. The number of aliphatic hydroxyl groups excluding tert-OH is 1. The fraction of sp³-hybridized carbons (Fsp3) is 0.643. The highest BCUT2D eigenvalue weighted by atomic mass is 19.4. The predicted octanol–water partition coefficient (Wildman–Crippen LogP) is 5.72. The standard InChI is InChI=1S/C28H31F6NO3/c1-25-10-9-23(38)35-22(25)8-4-16-18-6-7-19(26(18,2)13-21(37)24(16)25)20(36)12-14-11-15(27(29,30)31)3-5-17(14)28(32,33)34/h3,5,9-11,16,18-19,21-22,24,37H,4,6-8,12-13H2,1-2H3,(H,35,38)/t16-,18-,19+,21-,22+,24+,25-,26-/m0/s1. The normalized spacial score (nSPS) is 38.7. The van der Waals surface area contributed by atoms with Gasteiger partial charge in [0.05, 0.1) is 17.2 Å². The zero-order chi connectivity index (χ0) is 27.8. The van der Waals surface area contributed by atoms with Gasteiger partial charge in [-0.3, -0.25) is 9.59 Å². The Kier molecular flexibility index (Phi) is 6.32. The third kappa shape index (κ3) is 4.27. The van der Waals surface area contributed by atoms with Gasteiger partial charge in [-0.2, -0.15) is 26.3 Å². The van der Waals surface area contributed by atoms with Crippen LogP contribution < -0.4 is 5.32 Å². The van der Waals surface area contributed by atoms with Crippen LogP contribution in [-0.2, 0) is 28.4 Å². The predicted molar refractivity (Wildman–Crippen MR) is 125 cm³/mol. The Morgan fingerprint density at radius 2 is 1.76 bits per heavy atom. The van der Waals surface area contributed by atoms with Gasteiger partial charge in [-0.05, 0) is 85.1 Å². The molecule has 8 atom stereocenters. The third-order valence-corrected chi connectivity index (χ3v) is 10.1. The number of rotatable bonds is 3. The number of amides is 1. The highest BCUT2D eigenvalue weighted by Crippen LogP contribution is 2.65. The van der Waals surface area contributed by atoms with Crippen LogP contribution in [0.1, 0.15) is 62.6 Å². The van der Waals surface area contributed by atoms with E-state index in [1.165, 1.54) is 6.08 Å². The van der Waals surface area contributed by atoms with Gasteiger partial charge in [0.25, 0.3) is 0 Å². The van der Waals surface area contributed by atoms with Gasteiger partial charge in [-0.15, -0.1) is 0 Å². The summed E-state index contributed by atoms with van der Waals surface area (Å²) in [5.41, 5.74) is -4.27. The summed E-state index contributed by atoms with van der Waals surface area (Å²) in [6.45, 7) is 3.93. The van der Waals surface area contributed by atoms with Crippen molar-refractivity contribution in [2.75, 3.05) is 0 Å². The van der Waals surface area contributed by atoms with Crippen molar-refractivity contribution < 1.29 is 41.0 Å². The van der Waals surface area contributed by atoms with Crippen molar-refractivity contribution in [3.8, 4) is 0 Å². The van der Waals surface area contributed by atoms with Crippen LogP contribution in [0, 0.1) is 34.5 Å². The van der Waals surface area contributed by atoms with E-state index in [1.807, 2.05) is 19.9 Å². The van der Waals surface area contributed by atoms with Crippen LogP contribution in [0.15, 0.2) is 30.4 Å². The van der Waals surface area contributed by atoms with Crippen LogP contribution >= 0.6 is 0 Å². The van der Waals surface area contributed by atoms with Crippen LogP contribution in [0.4, 0.5) is 26.3 Å². The monoisotopic (exact) mass is 543 g/mol. The molecule has 5 rings (SSSR count). The molecule has 1 aromatic rings. The summed E-state index contributed by atoms with van der Waals surface area (Å²) in [6.07, 6.45) is -5.09. The Bertz CT molecular complexity index is 1180. The molecule has 0 bridgehead atoms. The lowest BCUT2D eigenvalue weighted by atomic mass is 9.47. The molecule has 38 heavy (non-hydrogen) atoms. The zero-order valence-corrected chi connectivity index (χ0v) is 21.1. The number of ketones is 1. The number of aliphatic hydroxyl groups is 1. The first-order chi connectivity index (χ1) is 17.6. The Balaban J connectivity index is 1.43. The molecule has 3 saturated carbocycles. The first-order valence-electron chi connectivity index (χ1n) is 13.0. The topological polar surface area (TPSA) is 66.4 Å². The van der Waals surface area contributed by atoms with Gasteiger partial charge < -0.3 is 10.4 Å². The Morgan fingerprint density at radius 3 is 2.42 bits per heavy atom. The quantitative estimate of drug-likeness (QED) is 0.480. The van der Waals surface area contributed by atoms with Gasteiger partial charge >= 0.3 is 12.4 Å². The van der Waals surface area contributed by atoms with E-state index in [0.717, 1.165) is 6.42 Å². The van der Waals surface area contributed by atoms with E-state index in [-0.39, 0.29) is 36.1 Å². The van der Waals surface area contributed by atoms with Gasteiger partial charge in [0.2, 0.25) is 5.91 Å². The molecule has 1 heterocycles. The lowest BCUT2D eigenvalue weighted by Gasteiger charge is -2.60. The highest BCUT2D eigenvalue weighted by Gasteiger charge is 2.63. The average molecular weight is 544 g/mol. The van der Waals surface area contributed by atoms with Gasteiger partial charge in [-0.1, -0.05) is 19.9 Å². The number of Topliss-reactive ketones (excluding diaryl/α,β-unsaturated/α-hetero) is 1. The Labute approximate surface area is 216 Å². The molecule has 3 fully saturated rings. The molecule has 10 heteroatoms. The van der Waals surface area contributed by atoms with Gasteiger partial charge in [0.1, 0.15) is 5.78 Å². The van der Waals surface area contributed by atoms with E-state index >= 15 is 0 Å². The van der Waals surface area contributed by atoms with Crippen molar-refractivity contribution in [3.63, 3.8) is 0 Å². The van der Waals surface area contributed by atoms with Crippen molar-refractivity contribution >= 4 is 11.7 Å². The summed E-state index contributed by atoms with van der Waals surface area (Å²) in [5.74, 6) is -1.40. The summed E-state index contributed by atoms with van der Waals surface area (Å²) in [4.78, 5) is 25.5. The molecule has 0 saturated heterocycles. The minimum Gasteiger partial charge on any atom is -0.393 e. The molecule has 1 aromatic carbocycles. The maximum Gasteiger partial charge on any atom is 0.416 e. The first-order valence-corrected chi connectivity index (χ1v) is 13.0. The number of hydrogen-bond donors (Lipinski definition) is 2. The van der Waals surface area contributed by atoms with E-state index in [2.05, 4.69) is 5.32 Å². The molecule has 2 N–H and O–H groups in total. The van der Waals surface area contributed by atoms with Crippen LogP contribution in [0.2, 0.25) is 0 Å². The second kappa shape index (κ2) is 8.83. The maximum atomic E-state index is 13.6. The van der Waals surface area contributed by atoms with Crippen LogP contribution in [0.3, 0.4) is 0 Å². The van der Waals surface area contributed by atoms with Crippen molar-refractivity contribution in [2.24, 2.45) is 34.5 Å². The number of halogens is 6. The van der Waals surface area contributed by atoms with Gasteiger partial charge in [0.15, 0.2) is 0 Å². The van der Waals surface area contributed by atoms with E-state index in [0.29, 0.717) is 37.5 Å². The number of carbonyl (C=O) groups is 2. The highest BCUT2D eigenvalue weighted by molar-refractivity contribution is 5.89. The number of fused-ring (bicyclic) bond motifs is 5. The molecule has 0 unspecified atom stereocenters. The van der Waals surface area contributed by atoms with Crippen molar-refractivity contribution in [1.29, 1.82) is 0 Å². The third-order valence-electron chi connectivity index (χ3n) is 10.1. The SMILES string of the molecule is C[C@]12C=CC(=O)N[C@@H]1CC[C@@H]1[C@@H]2[C@@H](O)C[C@]2(C)[C@@H](C(=O)Cc3cc(C(F)(F)F)ccc3C(F)(F)F)CC[C@@H]12. The van der Waals surface area contributed by atoms with E-state index in [4.69, 9.17) is 0 Å². The van der Waals surface area contributed by atoms with Crippen molar-refractivity contribution in [3.05, 3.63) is 47.0 Å². The molecule has 0 spiro atoms. The van der Waals surface area contributed by atoms with E-state index in [9.17, 15) is 41.0 Å². The van der Waals surface area contributed by atoms with E-state index < -0.39 is 64.1 Å². The molecule has 0 aromatic heterocycles. The molecule has 4 nitrogen and oxygen atoms in total. The molecular weight excluding hydrogens is 512 g/mol. The molecule has 3 aliphatic carbocycles. The zero-order valence-electron chi connectivity index (χ0n) is 21.1. The summed E-state index contributed by atoms with van der Waals surface area (Å²) < 4.78 is 80.7. The fourth-order valence-electron chi connectivity index (χ4n) is 8.50. The first kappa shape index (κ1) is 27.2. The molecule has 4 aliphatic rings. The van der Waals surface area contributed by atoms with Crippen LogP contribution in [-0.4, -0.2) is 28.9 Å². The number of hydrogen-bond acceptors (Lipinski definition) is 3. The maximum absolute atomic E-state index is 13.6. The Morgan fingerprint density at radius 1 is 1.05 bits per heavy atom. The number of carbonyl (C=O) groups excluding carboxylic acids is 2. The second-order valence-electron chi connectivity index (χ2n) is 12.1. The largest absolute Gasteiger partial charge is 0.416 e. The molecule has 1 amide bonds. The van der Waals surface area contributed by atoms with Crippen molar-refractivity contribution in [1.82, 2.24) is 5.32 Å². The number of benzene rings is 1. The molecule has 0 radical (unpaired) electrons. The van der Waals surface area contributed by atoms with Gasteiger partial charge in [0, 0.05) is 23.8 Å². The van der Waals surface area contributed by atoms with Gasteiger partial charge in [-0.25, -0.2) is 0 Å². The minimum absolute atomic E-state index is 0.0391. The summed E-state index contributed by atoms with van der Waals surface area (Å²) in [6, 6.07) is 1.11. The second-order valence-corrected chi connectivity index (χ2v) is 12.1. The molecule has 208 valence electrons. The summed E-state index contributed by atoms with van der Waals surface area (Å²) in [5, 5.41) is 14.4. The minimum atomic E-state index is -4.90.